The lowest BCUT2D eigenvalue weighted by Crippen LogP contribution is -2.24. The van der Waals surface area contributed by atoms with Crippen molar-refractivity contribution in [3.05, 3.63) is 56.4 Å². The van der Waals surface area contributed by atoms with Crippen LogP contribution in [0.5, 0.6) is 0 Å². The van der Waals surface area contributed by atoms with E-state index >= 15 is 0 Å². The van der Waals surface area contributed by atoms with Gasteiger partial charge in [-0.15, -0.1) is 0 Å². The standard InChI is InChI=1S/C21H23Cl2N5O3/c1-3-27-16-7-8-17(26-20(16)28(4-2)21(27)31)25-19(30)10-9-18(29)24-12-13-5-6-14(22)11-15(13)23/h5-8,11H,3-4,9-10,12H2,1-2H3,(H,24,29)(H,25,26,30). The monoisotopic (exact) mass is 463 g/mol. The molecule has 3 rings (SSSR count). The highest BCUT2D eigenvalue weighted by atomic mass is 35.5. The third-order valence-electron chi connectivity index (χ3n) is 4.83. The van der Waals surface area contributed by atoms with Gasteiger partial charge in [0.15, 0.2) is 5.65 Å². The molecular weight excluding hydrogens is 441 g/mol. The molecule has 31 heavy (non-hydrogen) atoms. The Hall–Kier alpha value is -2.84. The molecule has 2 aromatic heterocycles. The average molecular weight is 464 g/mol. The van der Waals surface area contributed by atoms with Crippen LogP contribution in [0, 0.1) is 0 Å². The topological polar surface area (TPSA) is 98.0 Å². The molecule has 0 saturated carbocycles. The first-order valence-corrected chi connectivity index (χ1v) is 10.7. The van der Waals surface area contributed by atoms with Crippen molar-refractivity contribution in [3.8, 4) is 0 Å². The van der Waals surface area contributed by atoms with E-state index in [-0.39, 0.29) is 36.9 Å². The van der Waals surface area contributed by atoms with E-state index in [9.17, 15) is 14.4 Å². The van der Waals surface area contributed by atoms with E-state index in [0.717, 1.165) is 5.56 Å². The Labute approximate surface area is 189 Å². The lowest BCUT2D eigenvalue weighted by atomic mass is 10.2. The fourth-order valence-corrected chi connectivity index (χ4v) is 3.70. The van der Waals surface area contributed by atoms with Crippen molar-refractivity contribution in [3.63, 3.8) is 0 Å². The highest BCUT2D eigenvalue weighted by molar-refractivity contribution is 6.35. The molecule has 10 heteroatoms. The van der Waals surface area contributed by atoms with Crippen LogP contribution in [0.2, 0.25) is 10.0 Å². The number of hydrogen-bond acceptors (Lipinski definition) is 4. The second-order valence-corrected chi connectivity index (χ2v) is 7.71. The summed E-state index contributed by atoms with van der Waals surface area (Å²) in [7, 11) is 0. The molecule has 0 bridgehead atoms. The number of pyridine rings is 1. The molecule has 2 amide bonds. The van der Waals surface area contributed by atoms with E-state index in [1.165, 1.54) is 0 Å². The van der Waals surface area contributed by atoms with E-state index in [0.29, 0.717) is 40.1 Å². The molecule has 164 valence electrons. The van der Waals surface area contributed by atoms with Crippen LogP contribution in [0.3, 0.4) is 0 Å². The van der Waals surface area contributed by atoms with Crippen molar-refractivity contribution in [2.75, 3.05) is 5.32 Å². The van der Waals surface area contributed by atoms with Gasteiger partial charge >= 0.3 is 5.69 Å². The van der Waals surface area contributed by atoms with E-state index < -0.39 is 0 Å². The molecule has 0 aliphatic carbocycles. The van der Waals surface area contributed by atoms with Crippen molar-refractivity contribution in [2.24, 2.45) is 0 Å². The predicted molar refractivity (Wildman–Crippen MR) is 122 cm³/mol. The summed E-state index contributed by atoms with van der Waals surface area (Å²) in [6, 6.07) is 8.45. The number of rotatable bonds is 8. The number of fused-ring (bicyclic) bond motifs is 1. The summed E-state index contributed by atoms with van der Waals surface area (Å²) >= 11 is 11.9. The first-order chi connectivity index (χ1) is 14.8. The number of nitrogens with zero attached hydrogens (tertiary/aromatic N) is 3. The molecule has 0 unspecified atom stereocenters. The van der Waals surface area contributed by atoms with Crippen molar-refractivity contribution in [1.82, 2.24) is 19.4 Å². The number of aryl methyl sites for hydroxylation is 2. The van der Waals surface area contributed by atoms with Gasteiger partial charge in [0, 0.05) is 42.5 Å². The minimum Gasteiger partial charge on any atom is -0.352 e. The Morgan fingerprint density at radius 3 is 2.39 bits per heavy atom. The number of hydrogen-bond donors (Lipinski definition) is 2. The summed E-state index contributed by atoms with van der Waals surface area (Å²) in [5.74, 6) is -0.280. The zero-order valence-electron chi connectivity index (χ0n) is 17.2. The molecule has 2 heterocycles. The maximum Gasteiger partial charge on any atom is 0.330 e. The fraction of sp³-hybridized carbons (Fsp3) is 0.333. The van der Waals surface area contributed by atoms with Crippen LogP contribution in [0.15, 0.2) is 35.1 Å². The zero-order chi connectivity index (χ0) is 22.5. The van der Waals surface area contributed by atoms with Crippen molar-refractivity contribution in [1.29, 1.82) is 0 Å². The SMILES string of the molecule is CCn1c(=O)n(CC)c2nc(NC(=O)CCC(=O)NCc3ccc(Cl)cc3Cl)ccc21. The minimum atomic E-state index is -0.341. The number of benzene rings is 1. The van der Waals surface area contributed by atoms with Gasteiger partial charge in [-0.2, -0.15) is 0 Å². The molecule has 1 aromatic carbocycles. The normalized spacial score (nSPS) is 11.0. The van der Waals surface area contributed by atoms with E-state index in [4.69, 9.17) is 23.2 Å². The Kier molecular flexibility index (Phi) is 7.35. The molecule has 0 radical (unpaired) electrons. The number of amides is 2. The number of anilines is 1. The Morgan fingerprint density at radius 1 is 1.00 bits per heavy atom. The quantitative estimate of drug-likeness (QED) is 0.533. The van der Waals surface area contributed by atoms with Crippen LogP contribution in [-0.4, -0.2) is 25.9 Å². The second-order valence-electron chi connectivity index (χ2n) is 6.87. The zero-order valence-corrected chi connectivity index (χ0v) is 18.8. The van der Waals surface area contributed by atoms with Crippen molar-refractivity contribution in [2.45, 2.75) is 46.3 Å². The van der Waals surface area contributed by atoms with Gasteiger partial charge in [-0.05, 0) is 43.7 Å². The third kappa shape index (κ3) is 5.26. The van der Waals surface area contributed by atoms with Crippen LogP contribution in [0.1, 0.15) is 32.3 Å². The summed E-state index contributed by atoms with van der Waals surface area (Å²) in [5, 5.41) is 6.40. The smallest absolute Gasteiger partial charge is 0.330 e. The summed E-state index contributed by atoms with van der Waals surface area (Å²) in [4.78, 5) is 41.1. The van der Waals surface area contributed by atoms with E-state index in [2.05, 4.69) is 15.6 Å². The first kappa shape index (κ1) is 22.8. The maximum absolute atomic E-state index is 12.4. The lowest BCUT2D eigenvalue weighted by Gasteiger charge is -2.08. The largest absolute Gasteiger partial charge is 0.352 e. The van der Waals surface area contributed by atoms with Crippen molar-refractivity contribution < 1.29 is 9.59 Å². The van der Waals surface area contributed by atoms with Gasteiger partial charge in [-0.1, -0.05) is 29.3 Å². The molecule has 0 saturated heterocycles. The van der Waals surface area contributed by atoms with Crippen LogP contribution >= 0.6 is 23.2 Å². The molecule has 8 nitrogen and oxygen atoms in total. The highest BCUT2D eigenvalue weighted by Crippen LogP contribution is 2.20. The Morgan fingerprint density at radius 2 is 1.71 bits per heavy atom. The predicted octanol–water partition coefficient (Wildman–Crippen LogP) is 3.58. The number of carbonyl (C=O) groups is 2. The molecule has 0 fully saturated rings. The summed E-state index contributed by atoms with van der Waals surface area (Å²) < 4.78 is 3.19. The van der Waals surface area contributed by atoms with Crippen LogP contribution in [-0.2, 0) is 29.2 Å². The molecule has 2 N–H and O–H groups in total. The van der Waals surface area contributed by atoms with Crippen LogP contribution in [0.4, 0.5) is 5.82 Å². The minimum absolute atomic E-state index is 0.00352. The molecule has 0 aliphatic rings. The Balaban J connectivity index is 1.57. The third-order valence-corrected chi connectivity index (χ3v) is 5.42. The van der Waals surface area contributed by atoms with Gasteiger partial charge in [-0.25, -0.2) is 9.78 Å². The molecule has 0 atom stereocenters. The van der Waals surface area contributed by atoms with E-state index in [1.807, 2.05) is 13.8 Å². The molecule has 0 spiro atoms. The summed E-state index contributed by atoms with van der Waals surface area (Å²) in [6.07, 6.45) is 0.0155. The first-order valence-electron chi connectivity index (χ1n) is 9.94. The lowest BCUT2D eigenvalue weighted by molar-refractivity contribution is -0.124. The summed E-state index contributed by atoms with van der Waals surface area (Å²) in [6.45, 7) is 5.01. The van der Waals surface area contributed by atoms with E-state index in [1.54, 1.807) is 39.5 Å². The molecule has 3 aromatic rings. The number of aromatic nitrogens is 3. The van der Waals surface area contributed by atoms with Gasteiger partial charge in [0.1, 0.15) is 5.82 Å². The number of imidazole rings is 1. The number of halogens is 2. The average Bonchev–Trinajstić information content (AvgIpc) is 3.01. The highest BCUT2D eigenvalue weighted by Gasteiger charge is 2.14. The van der Waals surface area contributed by atoms with Gasteiger partial charge in [0.25, 0.3) is 0 Å². The van der Waals surface area contributed by atoms with Gasteiger partial charge < -0.3 is 10.6 Å². The van der Waals surface area contributed by atoms with Crippen molar-refractivity contribution >= 4 is 52.0 Å². The molecule has 0 aliphatic heterocycles. The van der Waals surface area contributed by atoms with Gasteiger partial charge in [0.05, 0.1) is 5.52 Å². The maximum atomic E-state index is 12.4. The number of carbonyl (C=O) groups excluding carboxylic acids is 2. The van der Waals surface area contributed by atoms with Crippen LogP contribution < -0.4 is 16.3 Å². The van der Waals surface area contributed by atoms with Gasteiger partial charge in [-0.3, -0.25) is 18.7 Å². The fourth-order valence-electron chi connectivity index (χ4n) is 3.23. The van der Waals surface area contributed by atoms with Crippen LogP contribution in [0.25, 0.3) is 11.2 Å². The molecular formula is C21H23Cl2N5O3. The summed E-state index contributed by atoms with van der Waals surface area (Å²) in [5.41, 5.74) is 1.84. The Bertz CT molecular complexity index is 1190. The number of nitrogens with one attached hydrogen (secondary N) is 2. The van der Waals surface area contributed by atoms with Gasteiger partial charge in [0.2, 0.25) is 11.8 Å². The second kappa shape index (κ2) is 9.98.